The molecular formula is C27H40F3N4O10S3-. The second kappa shape index (κ2) is 20.7. The summed E-state index contributed by atoms with van der Waals surface area (Å²) in [7, 11) is -4.81. The molecule has 2 unspecified atom stereocenters. The molecule has 268 valence electrons. The van der Waals surface area contributed by atoms with Crippen molar-refractivity contribution in [2.75, 3.05) is 54.5 Å². The van der Waals surface area contributed by atoms with E-state index >= 15 is 8.78 Å². The molecule has 1 aliphatic rings. The molecule has 1 saturated carbocycles. The minimum Gasteiger partial charge on any atom is -0.755 e. The third-order valence-corrected chi connectivity index (χ3v) is 9.54. The highest BCUT2D eigenvalue weighted by atomic mass is 32.2. The summed E-state index contributed by atoms with van der Waals surface area (Å²) in [5, 5.41) is 16.3. The van der Waals surface area contributed by atoms with E-state index < -0.39 is 96.9 Å². The third kappa shape index (κ3) is 13.8. The standard InChI is InChI=1S/C27H41F3N4O10S3/c28-21-22(29)26(25(23(30)24(21)34-46(39)40)32-17-6-4-2-1-3-5-7-17)47(41,42)15-9-19(35)31-10-12-44-14-13-43-11-8-20(36)33-18(16-45)27(37)38/h17-18,32,34,45H,1-16H2,(H,31,35)(H,33,36)(H,37,38)(H,39,40)/p-1. The lowest BCUT2D eigenvalue weighted by molar-refractivity contribution is -0.141. The molecule has 47 heavy (non-hydrogen) atoms. The Hall–Kier alpha value is -2.65. The van der Waals surface area contributed by atoms with Crippen LogP contribution in [0.2, 0.25) is 0 Å². The molecule has 1 aromatic carbocycles. The smallest absolute Gasteiger partial charge is 0.327 e. The van der Waals surface area contributed by atoms with E-state index in [-0.39, 0.29) is 45.1 Å². The topological polar surface area (TPSA) is 212 Å². The van der Waals surface area contributed by atoms with Crippen LogP contribution in [0.15, 0.2) is 4.90 Å². The Bertz CT molecular complexity index is 1350. The number of ether oxygens (including phenoxy) is 2. The lowest BCUT2D eigenvalue weighted by atomic mass is 9.96. The predicted octanol–water partition coefficient (Wildman–Crippen LogP) is 2.04. The number of carboxylic acid groups (broad SMARTS) is 1. The zero-order valence-corrected chi connectivity index (χ0v) is 28.0. The number of rotatable bonds is 20. The van der Waals surface area contributed by atoms with Crippen molar-refractivity contribution in [3.8, 4) is 0 Å². The lowest BCUT2D eigenvalue weighted by Gasteiger charge is -2.25. The highest BCUT2D eigenvalue weighted by molar-refractivity contribution is 7.91. The molecule has 0 spiro atoms. The van der Waals surface area contributed by atoms with Crippen LogP contribution >= 0.6 is 12.6 Å². The Morgan fingerprint density at radius 3 is 2.13 bits per heavy atom. The van der Waals surface area contributed by atoms with Crippen LogP contribution in [-0.2, 0) is 45.0 Å². The number of anilines is 2. The maximum Gasteiger partial charge on any atom is 0.327 e. The highest BCUT2D eigenvalue weighted by Gasteiger charge is 2.34. The van der Waals surface area contributed by atoms with Crippen molar-refractivity contribution in [3.63, 3.8) is 0 Å². The van der Waals surface area contributed by atoms with E-state index in [9.17, 15) is 36.0 Å². The van der Waals surface area contributed by atoms with Crippen molar-refractivity contribution in [3.05, 3.63) is 17.5 Å². The molecule has 2 atom stereocenters. The van der Waals surface area contributed by atoms with E-state index in [1.807, 2.05) is 0 Å². The molecule has 1 fully saturated rings. The minimum absolute atomic E-state index is 0.000622. The monoisotopic (exact) mass is 733 g/mol. The maximum atomic E-state index is 15.4. The van der Waals surface area contributed by atoms with Crippen LogP contribution in [0.25, 0.3) is 0 Å². The first-order valence-corrected chi connectivity index (χ1v) is 18.2. The molecule has 2 amide bonds. The number of carboxylic acids is 1. The van der Waals surface area contributed by atoms with Crippen LogP contribution < -0.4 is 20.7 Å². The fourth-order valence-electron chi connectivity index (χ4n) is 4.66. The second-order valence-corrected chi connectivity index (χ2v) is 13.7. The van der Waals surface area contributed by atoms with Crippen molar-refractivity contribution >= 4 is 62.9 Å². The van der Waals surface area contributed by atoms with Gasteiger partial charge in [0.2, 0.25) is 11.8 Å². The van der Waals surface area contributed by atoms with Gasteiger partial charge in [0.1, 0.15) is 16.6 Å². The Labute approximate surface area is 279 Å². The number of thiol groups is 1. The van der Waals surface area contributed by atoms with Crippen molar-refractivity contribution in [1.29, 1.82) is 0 Å². The summed E-state index contributed by atoms with van der Waals surface area (Å²) >= 11 is 0.599. The zero-order chi connectivity index (χ0) is 35.0. The van der Waals surface area contributed by atoms with Gasteiger partial charge in [-0.3, -0.25) is 13.8 Å². The number of aliphatic carboxylic acids is 1. The summed E-state index contributed by atoms with van der Waals surface area (Å²) in [6, 6.07) is -1.60. The minimum atomic E-state index is -4.81. The maximum absolute atomic E-state index is 15.4. The lowest BCUT2D eigenvalue weighted by Crippen LogP contribution is -2.42. The van der Waals surface area contributed by atoms with Crippen LogP contribution in [0.1, 0.15) is 57.8 Å². The Morgan fingerprint density at radius 2 is 1.53 bits per heavy atom. The van der Waals surface area contributed by atoms with Crippen LogP contribution in [0, 0.1) is 17.5 Å². The molecule has 0 radical (unpaired) electrons. The van der Waals surface area contributed by atoms with Crippen molar-refractivity contribution in [1.82, 2.24) is 10.6 Å². The Morgan fingerprint density at radius 1 is 0.915 bits per heavy atom. The van der Waals surface area contributed by atoms with E-state index in [0.29, 0.717) is 12.8 Å². The van der Waals surface area contributed by atoms with Gasteiger partial charge >= 0.3 is 5.97 Å². The van der Waals surface area contributed by atoms with Crippen LogP contribution in [0.3, 0.4) is 0 Å². The number of carbonyl (C=O) groups is 3. The molecule has 5 N–H and O–H groups in total. The van der Waals surface area contributed by atoms with Crippen molar-refractivity contribution < 1.29 is 59.3 Å². The van der Waals surface area contributed by atoms with Gasteiger partial charge in [-0.2, -0.15) is 12.6 Å². The number of amides is 2. The number of hydrogen-bond acceptors (Lipinski definition) is 11. The number of nitrogens with one attached hydrogen (secondary N) is 4. The summed E-state index contributed by atoms with van der Waals surface area (Å²) < 4.78 is 106. The normalized spacial score (nSPS) is 15.6. The molecule has 1 aliphatic carbocycles. The first-order chi connectivity index (χ1) is 22.3. The Balaban J connectivity index is 1.90. The molecule has 0 bridgehead atoms. The number of sulfone groups is 1. The summed E-state index contributed by atoms with van der Waals surface area (Å²) in [4.78, 5) is 33.5. The quantitative estimate of drug-likeness (QED) is 0.0494. The Kier molecular flexibility index (Phi) is 17.8. The van der Waals surface area contributed by atoms with Crippen LogP contribution in [0.5, 0.6) is 0 Å². The molecule has 0 heterocycles. The molecular weight excluding hydrogens is 694 g/mol. The van der Waals surface area contributed by atoms with Gasteiger partial charge in [-0.25, -0.2) is 26.4 Å². The third-order valence-electron chi connectivity index (χ3n) is 7.06. The molecule has 2 rings (SSSR count). The van der Waals surface area contributed by atoms with Crippen molar-refractivity contribution in [2.45, 2.75) is 74.8 Å². The van der Waals surface area contributed by atoms with E-state index in [4.69, 9.17) is 14.6 Å². The fraction of sp³-hybridized carbons (Fsp3) is 0.667. The molecule has 14 nitrogen and oxygen atoms in total. The van der Waals surface area contributed by atoms with E-state index in [1.54, 1.807) is 0 Å². The number of halogens is 3. The number of hydrogen-bond donors (Lipinski definition) is 6. The van der Waals surface area contributed by atoms with E-state index in [2.05, 4.69) is 28.6 Å². The fourth-order valence-corrected chi connectivity index (χ4v) is 6.73. The molecule has 0 aromatic heterocycles. The van der Waals surface area contributed by atoms with Gasteiger partial charge in [0.05, 0.1) is 37.9 Å². The second-order valence-electron chi connectivity index (χ2n) is 10.6. The number of benzene rings is 1. The summed E-state index contributed by atoms with van der Waals surface area (Å²) in [5.74, 6) is -9.21. The summed E-state index contributed by atoms with van der Waals surface area (Å²) in [6.45, 7) is 0.131. The summed E-state index contributed by atoms with van der Waals surface area (Å²) in [5.41, 5.74) is -2.27. The van der Waals surface area contributed by atoms with Gasteiger partial charge in [0.15, 0.2) is 27.3 Å². The molecule has 20 heteroatoms. The largest absolute Gasteiger partial charge is 0.755 e. The first kappa shape index (κ1) is 40.5. The molecule has 0 aliphatic heterocycles. The van der Waals surface area contributed by atoms with Crippen LogP contribution in [-0.4, -0.2) is 96.6 Å². The zero-order valence-electron chi connectivity index (χ0n) is 25.5. The van der Waals surface area contributed by atoms with Gasteiger partial charge in [-0.1, -0.05) is 32.1 Å². The van der Waals surface area contributed by atoms with E-state index in [1.165, 1.54) is 4.72 Å². The van der Waals surface area contributed by atoms with E-state index in [0.717, 1.165) is 32.1 Å². The van der Waals surface area contributed by atoms with Gasteiger partial charge < -0.3 is 39.8 Å². The van der Waals surface area contributed by atoms with Gasteiger partial charge in [-0.05, 0) is 12.8 Å². The molecule has 1 aromatic rings. The van der Waals surface area contributed by atoms with Gasteiger partial charge in [0, 0.05) is 42.4 Å². The SMILES string of the molecule is O=C(CCS(=O)(=O)c1c(F)c(F)c(NS(=O)[O-])c(F)c1NC1CCCCCCC1)NCCOCCOCCC(=O)NC(CS)C(=O)O. The molecule has 0 saturated heterocycles. The average Bonchev–Trinajstić information content (AvgIpc) is 2.99. The van der Waals surface area contributed by atoms with Gasteiger partial charge in [-0.15, -0.1) is 0 Å². The van der Waals surface area contributed by atoms with Crippen molar-refractivity contribution in [2.24, 2.45) is 0 Å². The summed E-state index contributed by atoms with van der Waals surface area (Å²) in [6.07, 6.45) is 4.44. The van der Waals surface area contributed by atoms with Gasteiger partial charge in [0.25, 0.3) is 0 Å². The van der Waals surface area contributed by atoms with Crippen LogP contribution in [0.4, 0.5) is 24.5 Å². The average molecular weight is 734 g/mol. The first-order valence-electron chi connectivity index (χ1n) is 14.9. The number of carbonyl (C=O) groups excluding carboxylic acids is 2. The highest BCUT2D eigenvalue weighted by Crippen LogP contribution is 2.38. The predicted molar refractivity (Wildman–Crippen MR) is 168 cm³/mol.